The van der Waals surface area contributed by atoms with E-state index in [0.29, 0.717) is 0 Å². The smallest absolute Gasteiger partial charge is 0.316 e. The van der Waals surface area contributed by atoms with E-state index in [0.717, 1.165) is 48.2 Å². The van der Waals surface area contributed by atoms with Gasteiger partial charge in [-0.25, -0.2) is 0 Å². The highest BCUT2D eigenvalue weighted by atomic mass is 32.2. The Bertz CT molecular complexity index is 671. The van der Waals surface area contributed by atoms with E-state index in [1.165, 1.54) is 17.3 Å². The van der Waals surface area contributed by atoms with Crippen LogP contribution in [0.2, 0.25) is 0 Å². The number of ether oxygens (including phenoxy) is 1. The summed E-state index contributed by atoms with van der Waals surface area (Å²) >= 11 is 6.71. The minimum Gasteiger partial charge on any atom is -0.455 e. The number of carbonyl (C=O) groups is 2. The summed E-state index contributed by atoms with van der Waals surface area (Å²) in [5.74, 6) is 0.136. The molecule has 1 N–H and O–H groups in total. The number of thioether (sulfide) groups is 1. The van der Waals surface area contributed by atoms with Crippen molar-refractivity contribution >= 4 is 40.2 Å². The summed E-state index contributed by atoms with van der Waals surface area (Å²) in [4.78, 5) is 26.1. The zero-order valence-corrected chi connectivity index (χ0v) is 18.5. The molecule has 1 unspecified atom stereocenters. The van der Waals surface area contributed by atoms with Gasteiger partial charge in [0.25, 0.3) is 5.91 Å². The van der Waals surface area contributed by atoms with Gasteiger partial charge in [-0.3, -0.25) is 9.59 Å². The van der Waals surface area contributed by atoms with Crippen LogP contribution in [0.25, 0.3) is 0 Å². The van der Waals surface area contributed by atoms with Crippen LogP contribution >= 0.6 is 24.0 Å². The van der Waals surface area contributed by atoms with Crippen LogP contribution in [0.3, 0.4) is 0 Å². The number of rotatable bonds is 7. The Balaban J connectivity index is 1.65. The molecular weight excluding hydrogens is 392 g/mol. The Morgan fingerprint density at radius 3 is 2.54 bits per heavy atom. The second kappa shape index (κ2) is 11.4. The zero-order chi connectivity index (χ0) is 20.5. The van der Waals surface area contributed by atoms with E-state index in [1.54, 1.807) is 0 Å². The SMILES string of the molecule is CCc1ccc(C(C)NC(=O)COC(=O)CSC(=S)N2CCC(C)CC2)cc1. The minimum absolute atomic E-state index is 0.131. The fraction of sp³-hybridized carbons (Fsp3) is 0.571. The third-order valence-electron chi connectivity index (χ3n) is 4.99. The van der Waals surface area contributed by atoms with Gasteiger partial charge in [0.05, 0.1) is 11.8 Å². The molecule has 0 aromatic heterocycles. The van der Waals surface area contributed by atoms with Crippen molar-refractivity contribution in [2.75, 3.05) is 25.4 Å². The highest BCUT2D eigenvalue weighted by Crippen LogP contribution is 2.20. The number of benzene rings is 1. The molecular formula is C21H30N2O3S2. The maximum absolute atomic E-state index is 12.0. The third kappa shape index (κ3) is 7.43. The standard InChI is InChI=1S/C21H30N2O3S2/c1-4-17-5-7-18(8-6-17)16(3)22-19(24)13-26-20(25)14-28-21(27)23-11-9-15(2)10-12-23/h5-8,15-16H,4,9-14H2,1-3H3,(H,22,24). The normalized spacial score (nSPS) is 15.8. The molecule has 0 radical (unpaired) electrons. The minimum atomic E-state index is -0.423. The number of aryl methyl sites for hydroxylation is 1. The molecule has 7 heteroatoms. The van der Waals surface area contributed by atoms with E-state index >= 15 is 0 Å². The van der Waals surface area contributed by atoms with Crippen LogP contribution in [0, 0.1) is 5.92 Å². The molecule has 0 aliphatic carbocycles. The maximum Gasteiger partial charge on any atom is 0.316 e. The molecule has 154 valence electrons. The lowest BCUT2D eigenvalue weighted by Gasteiger charge is -2.31. The quantitative estimate of drug-likeness (QED) is 0.534. The van der Waals surface area contributed by atoms with E-state index < -0.39 is 5.97 Å². The van der Waals surface area contributed by atoms with Crippen molar-refractivity contribution in [2.24, 2.45) is 5.92 Å². The molecule has 1 atom stereocenters. The molecule has 1 aromatic carbocycles. The Labute approximate surface area is 177 Å². The van der Waals surface area contributed by atoms with Crippen molar-refractivity contribution in [2.45, 2.75) is 46.1 Å². The molecule has 2 rings (SSSR count). The van der Waals surface area contributed by atoms with Crippen LogP contribution in [0.1, 0.15) is 50.8 Å². The van der Waals surface area contributed by atoms with Gasteiger partial charge in [0, 0.05) is 13.1 Å². The van der Waals surface area contributed by atoms with Gasteiger partial charge >= 0.3 is 5.97 Å². The number of esters is 1. The predicted octanol–water partition coefficient (Wildman–Crippen LogP) is 3.72. The highest BCUT2D eigenvalue weighted by Gasteiger charge is 2.19. The van der Waals surface area contributed by atoms with E-state index in [4.69, 9.17) is 17.0 Å². The van der Waals surface area contributed by atoms with Crippen LogP contribution in [0.5, 0.6) is 0 Å². The summed E-state index contributed by atoms with van der Waals surface area (Å²) in [5.41, 5.74) is 2.28. The largest absolute Gasteiger partial charge is 0.455 e. The first kappa shape index (κ1) is 22.7. The maximum atomic E-state index is 12.0. The summed E-state index contributed by atoms with van der Waals surface area (Å²) in [5, 5.41) is 2.85. The summed E-state index contributed by atoms with van der Waals surface area (Å²) in [6.07, 6.45) is 3.24. The Morgan fingerprint density at radius 2 is 1.93 bits per heavy atom. The van der Waals surface area contributed by atoms with Crippen LogP contribution in [-0.4, -0.2) is 46.5 Å². The number of thiocarbonyl (C=S) groups is 1. The van der Waals surface area contributed by atoms with Crippen LogP contribution < -0.4 is 5.32 Å². The zero-order valence-electron chi connectivity index (χ0n) is 16.9. The van der Waals surface area contributed by atoms with Gasteiger partial charge in [0.2, 0.25) is 0 Å². The molecule has 0 bridgehead atoms. The average molecular weight is 423 g/mol. The van der Waals surface area contributed by atoms with E-state index in [9.17, 15) is 9.59 Å². The lowest BCUT2D eigenvalue weighted by Crippen LogP contribution is -2.36. The van der Waals surface area contributed by atoms with Gasteiger partial charge in [-0.05, 0) is 43.2 Å². The summed E-state index contributed by atoms with van der Waals surface area (Å²) in [6, 6.07) is 7.99. The fourth-order valence-electron chi connectivity index (χ4n) is 3.00. The summed E-state index contributed by atoms with van der Waals surface area (Å²) < 4.78 is 5.82. The second-order valence-electron chi connectivity index (χ2n) is 7.27. The molecule has 0 spiro atoms. The van der Waals surface area contributed by atoms with Gasteiger partial charge < -0.3 is 15.0 Å². The number of hydrogen-bond donors (Lipinski definition) is 1. The molecule has 1 amide bonds. The number of nitrogens with one attached hydrogen (secondary N) is 1. The first-order valence-electron chi connectivity index (χ1n) is 9.84. The molecule has 28 heavy (non-hydrogen) atoms. The molecule has 1 saturated heterocycles. The second-order valence-corrected chi connectivity index (χ2v) is 8.88. The van der Waals surface area contributed by atoms with E-state index in [2.05, 4.69) is 36.2 Å². The van der Waals surface area contributed by atoms with Crippen LogP contribution in [-0.2, 0) is 20.7 Å². The molecule has 5 nitrogen and oxygen atoms in total. The van der Waals surface area contributed by atoms with Crippen molar-refractivity contribution in [1.29, 1.82) is 0 Å². The van der Waals surface area contributed by atoms with Gasteiger partial charge in [-0.1, -0.05) is 62.1 Å². The number of piperidine rings is 1. The molecule has 1 aromatic rings. The Hall–Kier alpha value is -1.60. The first-order chi connectivity index (χ1) is 13.4. The number of hydrogen-bond acceptors (Lipinski definition) is 5. The van der Waals surface area contributed by atoms with Crippen LogP contribution in [0.4, 0.5) is 0 Å². The molecule has 1 heterocycles. The molecule has 1 aliphatic heterocycles. The molecule has 1 fully saturated rings. The first-order valence-corrected chi connectivity index (χ1v) is 11.2. The number of likely N-dealkylation sites (tertiary alicyclic amines) is 1. The number of amides is 1. The monoisotopic (exact) mass is 422 g/mol. The highest BCUT2D eigenvalue weighted by molar-refractivity contribution is 8.23. The number of carbonyl (C=O) groups excluding carboxylic acids is 2. The fourth-order valence-corrected chi connectivity index (χ4v) is 4.05. The third-order valence-corrected chi connectivity index (χ3v) is 6.48. The average Bonchev–Trinajstić information content (AvgIpc) is 2.71. The number of nitrogens with zero attached hydrogens (tertiary/aromatic N) is 1. The van der Waals surface area contributed by atoms with Gasteiger partial charge in [0.1, 0.15) is 4.32 Å². The van der Waals surface area contributed by atoms with Crippen molar-refractivity contribution < 1.29 is 14.3 Å². The van der Waals surface area contributed by atoms with Crippen molar-refractivity contribution in [3.63, 3.8) is 0 Å². The van der Waals surface area contributed by atoms with Crippen molar-refractivity contribution in [3.05, 3.63) is 35.4 Å². The van der Waals surface area contributed by atoms with Crippen LogP contribution in [0.15, 0.2) is 24.3 Å². The molecule has 0 saturated carbocycles. The lowest BCUT2D eigenvalue weighted by atomic mass is 10.00. The van der Waals surface area contributed by atoms with Crippen molar-refractivity contribution in [1.82, 2.24) is 10.2 Å². The Kier molecular flexibility index (Phi) is 9.25. The lowest BCUT2D eigenvalue weighted by molar-refractivity contribution is -0.146. The van der Waals surface area contributed by atoms with Gasteiger partial charge in [0.15, 0.2) is 6.61 Å². The summed E-state index contributed by atoms with van der Waals surface area (Å²) in [6.45, 7) is 7.88. The van der Waals surface area contributed by atoms with Crippen molar-refractivity contribution in [3.8, 4) is 0 Å². The molecule has 1 aliphatic rings. The summed E-state index contributed by atoms with van der Waals surface area (Å²) in [7, 11) is 0. The van der Waals surface area contributed by atoms with E-state index in [1.807, 2.05) is 19.1 Å². The Morgan fingerprint density at radius 1 is 1.29 bits per heavy atom. The predicted molar refractivity (Wildman–Crippen MR) is 118 cm³/mol. The topological polar surface area (TPSA) is 58.6 Å². The van der Waals surface area contributed by atoms with E-state index in [-0.39, 0.29) is 24.3 Å². The van der Waals surface area contributed by atoms with Gasteiger partial charge in [-0.2, -0.15) is 0 Å². The van der Waals surface area contributed by atoms with Gasteiger partial charge in [-0.15, -0.1) is 0 Å².